The molecule has 2 rings (SSSR count). The smallest absolute Gasteiger partial charge is 0.269 e. The van der Waals surface area contributed by atoms with Crippen molar-refractivity contribution in [1.82, 2.24) is 5.32 Å². The van der Waals surface area contributed by atoms with Crippen LogP contribution < -0.4 is 5.32 Å². The molecule has 5 heteroatoms. The van der Waals surface area contributed by atoms with Gasteiger partial charge in [-0.3, -0.25) is 14.9 Å². The lowest BCUT2D eigenvalue weighted by Gasteiger charge is -2.13. The molecule has 1 aliphatic carbocycles. The molecule has 1 aromatic rings. The summed E-state index contributed by atoms with van der Waals surface area (Å²) in [5.74, 6) is 0.523. The highest BCUT2D eigenvalue weighted by Gasteiger charge is 2.23. The summed E-state index contributed by atoms with van der Waals surface area (Å²) in [5, 5.41) is 13.7. The molecule has 1 aromatic carbocycles. The molecule has 0 saturated heterocycles. The highest BCUT2D eigenvalue weighted by Crippen LogP contribution is 2.25. The highest BCUT2D eigenvalue weighted by atomic mass is 16.6. The van der Waals surface area contributed by atoms with E-state index in [0.29, 0.717) is 17.0 Å². The van der Waals surface area contributed by atoms with Gasteiger partial charge in [0, 0.05) is 23.7 Å². The van der Waals surface area contributed by atoms with Crippen LogP contribution in [0.25, 0.3) is 0 Å². The van der Waals surface area contributed by atoms with E-state index in [1.54, 1.807) is 6.92 Å². The summed E-state index contributed by atoms with van der Waals surface area (Å²) in [6, 6.07) is 4.57. The SMILES string of the molecule is Cc1cc([N+](=O)[O-])ccc1C(=O)NC1CCC(C)C1. The van der Waals surface area contributed by atoms with Crippen LogP contribution in [0.2, 0.25) is 0 Å². The van der Waals surface area contributed by atoms with Crippen LogP contribution >= 0.6 is 0 Å². The number of hydrogen-bond donors (Lipinski definition) is 1. The summed E-state index contributed by atoms with van der Waals surface area (Å²) in [5.41, 5.74) is 1.17. The van der Waals surface area contributed by atoms with Gasteiger partial charge in [0.05, 0.1) is 4.92 Å². The molecule has 1 N–H and O–H groups in total. The van der Waals surface area contributed by atoms with E-state index in [1.165, 1.54) is 18.2 Å². The van der Waals surface area contributed by atoms with E-state index < -0.39 is 4.92 Å². The Labute approximate surface area is 112 Å². The van der Waals surface area contributed by atoms with Crippen LogP contribution in [-0.4, -0.2) is 16.9 Å². The second kappa shape index (κ2) is 5.38. The van der Waals surface area contributed by atoms with Crippen LogP contribution in [0.5, 0.6) is 0 Å². The number of rotatable bonds is 3. The van der Waals surface area contributed by atoms with E-state index in [9.17, 15) is 14.9 Å². The Kier molecular flexibility index (Phi) is 3.83. The predicted molar refractivity (Wildman–Crippen MR) is 72.1 cm³/mol. The van der Waals surface area contributed by atoms with Crippen LogP contribution in [0.1, 0.15) is 42.1 Å². The van der Waals surface area contributed by atoms with Gasteiger partial charge in [-0.15, -0.1) is 0 Å². The first-order chi connectivity index (χ1) is 8.97. The lowest BCUT2D eigenvalue weighted by Crippen LogP contribution is -2.33. The lowest BCUT2D eigenvalue weighted by atomic mass is 10.1. The fourth-order valence-electron chi connectivity index (χ4n) is 2.62. The highest BCUT2D eigenvalue weighted by molar-refractivity contribution is 5.96. The molecule has 19 heavy (non-hydrogen) atoms. The minimum Gasteiger partial charge on any atom is -0.349 e. The molecule has 0 radical (unpaired) electrons. The van der Waals surface area contributed by atoms with Gasteiger partial charge >= 0.3 is 0 Å². The molecule has 1 fully saturated rings. The molecule has 0 aliphatic heterocycles. The van der Waals surface area contributed by atoms with E-state index in [0.717, 1.165) is 19.3 Å². The molecule has 5 nitrogen and oxygen atoms in total. The molecule has 0 spiro atoms. The van der Waals surface area contributed by atoms with Crippen molar-refractivity contribution in [3.63, 3.8) is 0 Å². The maximum atomic E-state index is 12.1. The normalized spacial score (nSPS) is 22.2. The molecular formula is C14H18N2O3. The number of non-ortho nitro benzene ring substituents is 1. The van der Waals surface area contributed by atoms with Crippen molar-refractivity contribution in [2.45, 2.75) is 39.2 Å². The Morgan fingerprint density at radius 2 is 2.16 bits per heavy atom. The van der Waals surface area contributed by atoms with Crippen molar-refractivity contribution in [2.75, 3.05) is 0 Å². The standard InChI is InChI=1S/C14H18N2O3/c1-9-3-4-11(7-9)15-14(17)13-6-5-12(16(18)19)8-10(13)2/h5-6,8-9,11H,3-4,7H2,1-2H3,(H,15,17). The van der Waals surface area contributed by atoms with Gasteiger partial charge < -0.3 is 5.32 Å². The maximum absolute atomic E-state index is 12.1. The number of nitrogens with zero attached hydrogens (tertiary/aromatic N) is 1. The Morgan fingerprint density at radius 3 is 2.68 bits per heavy atom. The second-order valence-corrected chi connectivity index (χ2v) is 5.34. The fourth-order valence-corrected chi connectivity index (χ4v) is 2.62. The predicted octanol–water partition coefficient (Wildman–Crippen LogP) is 2.82. The summed E-state index contributed by atoms with van der Waals surface area (Å²) in [4.78, 5) is 22.3. The van der Waals surface area contributed by atoms with Crippen molar-refractivity contribution < 1.29 is 9.72 Å². The summed E-state index contributed by atoms with van der Waals surface area (Å²) in [7, 11) is 0. The molecule has 1 amide bonds. The van der Waals surface area contributed by atoms with E-state index in [1.807, 2.05) is 0 Å². The summed E-state index contributed by atoms with van der Waals surface area (Å²) in [6.45, 7) is 3.91. The zero-order valence-electron chi connectivity index (χ0n) is 11.2. The van der Waals surface area contributed by atoms with Gasteiger partial charge in [-0.25, -0.2) is 0 Å². The third-order valence-electron chi connectivity index (χ3n) is 3.70. The molecule has 1 saturated carbocycles. The molecular weight excluding hydrogens is 244 g/mol. The van der Waals surface area contributed by atoms with Gasteiger partial charge in [-0.2, -0.15) is 0 Å². The number of aryl methyl sites for hydroxylation is 1. The monoisotopic (exact) mass is 262 g/mol. The molecule has 0 heterocycles. The molecule has 102 valence electrons. The van der Waals surface area contributed by atoms with Crippen LogP contribution in [0.15, 0.2) is 18.2 Å². The zero-order valence-corrected chi connectivity index (χ0v) is 11.2. The van der Waals surface area contributed by atoms with E-state index in [2.05, 4.69) is 12.2 Å². The largest absolute Gasteiger partial charge is 0.349 e. The van der Waals surface area contributed by atoms with Crippen molar-refractivity contribution >= 4 is 11.6 Å². The summed E-state index contributed by atoms with van der Waals surface area (Å²) < 4.78 is 0. The molecule has 0 bridgehead atoms. The van der Waals surface area contributed by atoms with E-state index in [-0.39, 0.29) is 17.6 Å². The van der Waals surface area contributed by atoms with Crippen molar-refractivity contribution in [2.24, 2.45) is 5.92 Å². The number of nitrogens with one attached hydrogen (secondary N) is 1. The van der Waals surface area contributed by atoms with Gasteiger partial charge in [0.25, 0.3) is 11.6 Å². The minimum atomic E-state index is -0.451. The lowest BCUT2D eigenvalue weighted by molar-refractivity contribution is -0.384. The van der Waals surface area contributed by atoms with Crippen LogP contribution in [0.3, 0.4) is 0 Å². The molecule has 0 aromatic heterocycles. The van der Waals surface area contributed by atoms with Gasteiger partial charge in [-0.1, -0.05) is 6.92 Å². The Bertz CT molecular complexity index is 513. The van der Waals surface area contributed by atoms with Crippen molar-refractivity contribution in [1.29, 1.82) is 0 Å². The van der Waals surface area contributed by atoms with Crippen LogP contribution in [-0.2, 0) is 0 Å². The van der Waals surface area contributed by atoms with Crippen LogP contribution in [0, 0.1) is 23.0 Å². The number of carbonyl (C=O) groups is 1. The number of nitro groups is 1. The quantitative estimate of drug-likeness (QED) is 0.672. The van der Waals surface area contributed by atoms with Gasteiger partial charge in [0.1, 0.15) is 0 Å². The number of hydrogen-bond acceptors (Lipinski definition) is 3. The fraction of sp³-hybridized carbons (Fsp3) is 0.500. The Morgan fingerprint density at radius 1 is 1.42 bits per heavy atom. The van der Waals surface area contributed by atoms with E-state index >= 15 is 0 Å². The minimum absolute atomic E-state index is 0.0172. The van der Waals surface area contributed by atoms with Crippen LogP contribution in [0.4, 0.5) is 5.69 Å². The average Bonchev–Trinajstić information content (AvgIpc) is 2.74. The van der Waals surface area contributed by atoms with Crippen molar-refractivity contribution in [3.8, 4) is 0 Å². The number of nitro benzene ring substituents is 1. The Hall–Kier alpha value is -1.91. The average molecular weight is 262 g/mol. The number of benzene rings is 1. The first-order valence-corrected chi connectivity index (χ1v) is 6.53. The van der Waals surface area contributed by atoms with Crippen molar-refractivity contribution in [3.05, 3.63) is 39.4 Å². The summed E-state index contributed by atoms with van der Waals surface area (Å²) in [6.07, 6.45) is 3.17. The number of carbonyl (C=O) groups excluding carboxylic acids is 1. The van der Waals surface area contributed by atoms with Gasteiger partial charge in [0.2, 0.25) is 0 Å². The first kappa shape index (κ1) is 13.5. The van der Waals surface area contributed by atoms with E-state index in [4.69, 9.17) is 0 Å². The second-order valence-electron chi connectivity index (χ2n) is 5.34. The zero-order chi connectivity index (χ0) is 14.0. The maximum Gasteiger partial charge on any atom is 0.269 e. The molecule has 2 unspecified atom stereocenters. The summed E-state index contributed by atoms with van der Waals surface area (Å²) >= 11 is 0. The molecule has 1 aliphatic rings. The number of amides is 1. The Balaban J connectivity index is 2.09. The molecule has 2 atom stereocenters. The third kappa shape index (κ3) is 3.10. The topological polar surface area (TPSA) is 72.2 Å². The first-order valence-electron chi connectivity index (χ1n) is 6.53. The van der Waals surface area contributed by atoms with Gasteiger partial charge in [-0.05, 0) is 43.7 Å². The van der Waals surface area contributed by atoms with Gasteiger partial charge in [0.15, 0.2) is 0 Å². The third-order valence-corrected chi connectivity index (χ3v) is 3.70.